The fraction of sp³-hybridized carbons (Fsp3) is 0.909. The number of hydrogen-bond acceptors (Lipinski definition) is 4. The van der Waals surface area contributed by atoms with Gasteiger partial charge >= 0.3 is 0 Å². The molecule has 88 valence electrons. The van der Waals surface area contributed by atoms with E-state index in [2.05, 4.69) is 0 Å². The van der Waals surface area contributed by atoms with Gasteiger partial charge in [0.2, 0.25) is 0 Å². The van der Waals surface area contributed by atoms with Crippen LogP contribution in [0.2, 0.25) is 0 Å². The number of aliphatic hydroxyl groups is 2. The minimum Gasteiger partial charge on any atom is -0.389 e. The van der Waals surface area contributed by atoms with Crippen molar-refractivity contribution in [2.75, 3.05) is 6.54 Å². The number of carbonyl (C=O) groups excluding carboxylic acids is 1. The lowest BCUT2D eigenvalue weighted by atomic mass is 9.97. The molecule has 15 heavy (non-hydrogen) atoms. The largest absolute Gasteiger partial charge is 0.389 e. The van der Waals surface area contributed by atoms with Gasteiger partial charge in [-0.15, -0.1) is 0 Å². The molecule has 0 saturated carbocycles. The van der Waals surface area contributed by atoms with Crippen LogP contribution >= 0.6 is 0 Å². The lowest BCUT2D eigenvalue weighted by Crippen LogP contribution is -2.47. The zero-order valence-electron chi connectivity index (χ0n) is 9.84. The maximum Gasteiger partial charge on any atom is 0.155 e. The Morgan fingerprint density at radius 1 is 1.27 bits per heavy atom. The number of likely N-dealkylation sites (tertiary alicyclic amines) is 1. The van der Waals surface area contributed by atoms with Gasteiger partial charge in [0.15, 0.2) is 5.78 Å². The highest BCUT2D eigenvalue weighted by molar-refractivity contribution is 5.86. The fourth-order valence-corrected chi connectivity index (χ4v) is 2.05. The van der Waals surface area contributed by atoms with Crippen molar-refractivity contribution in [1.29, 1.82) is 0 Å². The molecular formula is C11H21NO3. The summed E-state index contributed by atoms with van der Waals surface area (Å²) in [7, 11) is 0. The first-order valence-corrected chi connectivity index (χ1v) is 5.51. The number of carbonyl (C=O) groups is 1. The third-order valence-electron chi connectivity index (χ3n) is 3.00. The molecule has 3 unspecified atom stereocenters. The third kappa shape index (κ3) is 2.38. The number of rotatable bonds is 3. The smallest absolute Gasteiger partial charge is 0.155 e. The molecule has 1 fully saturated rings. The molecule has 1 aliphatic heterocycles. The topological polar surface area (TPSA) is 60.8 Å². The van der Waals surface area contributed by atoms with Gasteiger partial charge in [-0.05, 0) is 13.8 Å². The maximum absolute atomic E-state index is 11.9. The Morgan fingerprint density at radius 3 is 2.20 bits per heavy atom. The van der Waals surface area contributed by atoms with Crippen LogP contribution in [-0.4, -0.2) is 51.7 Å². The number of ketones is 1. The summed E-state index contributed by atoms with van der Waals surface area (Å²) in [5, 5.41) is 19.4. The molecule has 4 heteroatoms. The monoisotopic (exact) mass is 215 g/mol. The van der Waals surface area contributed by atoms with Crippen molar-refractivity contribution in [3.8, 4) is 0 Å². The average Bonchev–Trinajstić information content (AvgIpc) is 2.42. The zero-order valence-corrected chi connectivity index (χ0v) is 9.84. The number of aliphatic hydroxyl groups excluding tert-OH is 2. The van der Waals surface area contributed by atoms with Crippen molar-refractivity contribution < 1.29 is 15.0 Å². The van der Waals surface area contributed by atoms with Gasteiger partial charge < -0.3 is 10.2 Å². The van der Waals surface area contributed by atoms with Crippen LogP contribution in [0.5, 0.6) is 0 Å². The van der Waals surface area contributed by atoms with Crippen molar-refractivity contribution >= 4 is 5.78 Å². The Kier molecular flexibility index (Phi) is 3.87. The first-order chi connectivity index (χ1) is 6.86. The highest BCUT2D eigenvalue weighted by Crippen LogP contribution is 2.24. The Balaban J connectivity index is 2.86. The average molecular weight is 215 g/mol. The predicted octanol–water partition coefficient (Wildman–Crippen LogP) is 0.0259. The lowest BCUT2D eigenvalue weighted by molar-refractivity contribution is -0.130. The quantitative estimate of drug-likeness (QED) is 0.697. The van der Waals surface area contributed by atoms with E-state index in [0.29, 0.717) is 6.54 Å². The van der Waals surface area contributed by atoms with Crippen molar-refractivity contribution in [2.24, 2.45) is 5.92 Å². The molecule has 1 saturated heterocycles. The molecule has 0 aromatic carbocycles. The van der Waals surface area contributed by atoms with Gasteiger partial charge in [-0.25, -0.2) is 0 Å². The van der Waals surface area contributed by atoms with Crippen LogP contribution < -0.4 is 0 Å². The molecule has 0 aromatic rings. The first-order valence-electron chi connectivity index (χ1n) is 5.51. The van der Waals surface area contributed by atoms with Crippen LogP contribution in [-0.2, 0) is 4.79 Å². The van der Waals surface area contributed by atoms with E-state index in [4.69, 9.17) is 0 Å². The van der Waals surface area contributed by atoms with E-state index in [-0.39, 0.29) is 17.7 Å². The van der Waals surface area contributed by atoms with Crippen molar-refractivity contribution in [3.63, 3.8) is 0 Å². The highest BCUT2D eigenvalue weighted by atomic mass is 16.3. The molecular weight excluding hydrogens is 194 g/mol. The van der Waals surface area contributed by atoms with Gasteiger partial charge in [0.1, 0.15) is 6.10 Å². The molecule has 1 aliphatic rings. The van der Waals surface area contributed by atoms with E-state index >= 15 is 0 Å². The Hall–Kier alpha value is -0.450. The summed E-state index contributed by atoms with van der Waals surface area (Å²) in [5.41, 5.74) is 0. The molecule has 2 N–H and O–H groups in total. The van der Waals surface area contributed by atoms with Gasteiger partial charge in [0.05, 0.1) is 12.1 Å². The second kappa shape index (κ2) is 4.60. The van der Waals surface area contributed by atoms with E-state index in [0.717, 1.165) is 0 Å². The molecule has 3 atom stereocenters. The number of hydrogen-bond donors (Lipinski definition) is 2. The molecule has 0 spiro atoms. The van der Waals surface area contributed by atoms with Gasteiger partial charge in [0, 0.05) is 18.5 Å². The Morgan fingerprint density at radius 2 is 1.80 bits per heavy atom. The zero-order chi connectivity index (χ0) is 11.7. The molecule has 4 nitrogen and oxygen atoms in total. The second-order valence-electron chi connectivity index (χ2n) is 4.85. The van der Waals surface area contributed by atoms with Crippen LogP contribution in [0.15, 0.2) is 0 Å². The molecule has 1 rings (SSSR count). The predicted molar refractivity (Wildman–Crippen MR) is 57.5 cm³/mol. The van der Waals surface area contributed by atoms with E-state index in [1.54, 1.807) is 0 Å². The Labute approximate surface area is 90.9 Å². The SMILES string of the molecule is CC(C)C(=O)C1C(O)C(O)CN1C(C)C. The van der Waals surface area contributed by atoms with E-state index < -0.39 is 18.2 Å². The summed E-state index contributed by atoms with van der Waals surface area (Å²) < 4.78 is 0. The van der Waals surface area contributed by atoms with Crippen molar-refractivity contribution in [3.05, 3.63) is 0 Å². The fourth-order valence-electron chi connectivity index (χ4n) is 2.05. The van der Waals surface area contributed by atoms with Crippen molar-refractivity contribution in [2.45, 2.75) is 52.0 Å². The van der Waals surface area contributed by atoms with E-state index in [1.165, 1.54) is 0 Å². The van der Waals surface area contributed by atoms with Crippen LogP contribution in [0.25, 0.3) is 0 Å². The van der Waals surface area contributed by atoms with Crippen LogP contribution in [0.4, 0.5) is 0 Å². The van der Waals surface area contributed by atoms with Gasteiger partial charge in [0.25, 0.3) is 0 Å². The number of Topliss-reactive ketones (excluding diaryl/α,β-unsaturated/α-hetero) is 1. The summed E-state index contributed by atoms with van der Waals surface area (Å²) >= 11 is 0. The van der Waals surface area contributed by atoms with Gasteiger partial charge in [-0.1, -0.05) is 13.8 Å². The standard InChI is InChI=1S/C11H21NO3/c1-6(2)10(14)9-11(15)8(13)5-12(9)7(3)4/h6-9,11,13,15H,5H2,1-4H3. The third-order valence-corrected chi connectivity index (χ3v) is 3.00. The number of β-amino-alcohol motifs (C(OH)–C–C–N with tert-alkyl or cyclic N) is 1. The van der Waals surface area contributed by atoms with Gasteiger partial charge in [-0.2, -0.15) is 0 Å². The summed E-state index contributed by atoms with van der Waals surface area (Å²) in [6.07, 6.45) is -1.75. The summed E-state index contributed by atoms with van der Waals surface area (Å²) in [4.78, 5) is 13.8. The summed E-state index contributed by atoms with van der Waals surface area (Å²) in [6, 6.07) is -0.385. The summed E-state index contributed by atoms with van der Waals surface area (Å²) in [6.45, 7) is 7.94. The van der Waals surface area contributed by atoms with Crippen LogP contribution in [0, 0.1) is 5.92 Å². The Bertz CT molecular complexity index is 240. The minimum absolute atomic E-state index is 0.00718. The van der Waals surface area contributed by atoms with Crippen LogP contribution in [0.3, 0.4) is 0 Å². The maximum atomic E-state index is 11.9. The van der Waals surface area contributed by atoms with E-state index in [1.807, 2.05) is 32.6 Å². The molecule has 0 bridgehead atoms. The molecule has 0 aliphatic carbocycles. The van der Waals surface area contributed by atoms with Crippen LogP contribution in [0.1, 0.15) is 27.7 Å². The highest BCUT2D eigenvalue weighted by Gasteiger charge is 2.45. The number of nitrogens with zero attached hydrogens (tertiary/aromatic N) is 1. The van der Waals surface area contributed by atoms with Gasteiger partial charge in [-0.3, -0.25) is 9.69 Å². The lowest BCUT2D eigenvalue weighted by Gasteiger charge is -2.29. The van der Waals surface area contributed by atoms with E-state index in [9.17, 15) is 15.0 Å². The molecule has 0 radical (unpaired) electrons. The molecule has 1 heterocycles. The second-order valence-corrected chi connectivity index (χ2v) is 4.85. The first kappa shape index (κ1) is 12.6. The summed E-state index contributed by atoms with van der Waals surface area (Å²) in [5.74, 6) is -0.107. The van der Waals surface area contributed by atoms with Crippen molar-refractivity contribution in [1.82, 2.24) is 4.90 Å². The minimum atomic E-state index is -0.942. The normalized spacial score (nSPS) is 32.9. The molecule has 0 aromatic heterocycles. The molecule has 0 amide bonds.